The van der Waals surface area contributed by atoms with Crippen LogP contribution in [0.1, 0.15) is 20.8 Å². The van der Waals surface area contributed by atoms with Crippen LogP contribution in [0.4, 0.5) is 11.4 Å². The molecule has 3 nitrogen and oxygen atoms in total. The summed E-state index contributed by atoms with van der Waals surface area (Å²) in [5.74, 6) is 0.0371. The lowest BCUT2D eigenvalue weighted by molar-refractivity contribution is -0.117. The molecule has 0 radical (unpaired) electrons. The number of para-hydroxylation sites is 1. The summed E-state index contributed by atoms with van der Waals surface area (Å²) >= 11 is 6.10. The maximum atomic E-state index is 11.7. The molecule has 1 aromatic carbocycles. The van der Waals surface area contributed by atoms with Gasteiger partial charge in [-0.3, -0.25) is 4.79 Å². The zero-order valence-corrected chi connectivity index (χ0v) is 10.4. The van der Waals surface area contributed by atoms with Gasteiger partial charge in [0.15, 0.2) is 0 Å². The van der Waals surface area contributed by atoms with Gasteiger partial charge < -0.3 is 10.2 Å². The highest BCUT2D eigenvalue weighted by molar-refractivity contribution is 6.34. The number of halogens is 1. The number of rotatable bonds is 0. The fourth-order valence-corrected chi connectivity index (χ4v) is 2.42. The SMILES string of the molecule is CC(=O)N1c2cccc(Cl)c2NCC1(C)C. The lowest BCUT2D eigenvalue weighted by Crippen LogP contribution is -2.54. The summed E-state index contributed by atoms with van der Waals surface area (Å²) in [5, 5.41) is 3.93. The van der Waals surface area contributed by atoms with Crippen molar-refractivity contribution in [3.8, 4) is 0 Å². The largest absolute Gasteiger partial charge is 0.380 e. The average molecular weight is 239 g/mol. The second-order valence-corrected chi connectivity index (χ2v) is 5.06. The molecule has 0 aliphatic carbocycles. The van der Waals surface area contributed by atoms with Gasteiger partial charge in [-0.05, 0) is 26.0 Å². The van der Waals surface area contributed by atoms with Crippen molar-refractivity contribution in [3.05, 3.63) is 23.2 Å². The molecule has 4 heteroatoms. The Morgan fingerprint density at radius 3 is 2.81 bits per heavy atom. The van der Waals surface area contributed by atoms with Crippen molar-refractivity contribution in [3.63, 3.8) is 0 Å². The molecule has 0 unspecified atom stereocenters. The molecular formula is C12H15ClN2O. The number of hydrogen-bond acceptors (Lipinski definition) is 2. The minimum absolute atomic E-state index is 0.0371. The maximum Gasteiger partial charge on any atom is 0.224 e. The Labute approximate surface area is 100 Å². The number of carbonyl (C=O) groups excluding carboxylic acids is 1. The van der Waals surface area contributed by atoms with Crippen LogP contribution < -0.4 is 10.2 Å². The standard InChI is InChI=1S/C12H15ClN2O/c1-8(16)15-10-6-4-5-9(13)11(10)14-7-12(15,2)3/h4-6,14H,7H2,1-3H3. The first-order valence-corrected chi connectivity index (χ1v) is 5.64. The molecule has 0 bridgehead atoms. The third-order valence-corrected chi connectivity index (χ3v) is 3.17. The number of anilines is 2. The summed E-state index contributed by atoms with van der Waals surface area (Å²) in [7, 11) is 0. The van der Waals surface area contributed by atoms with E-state index in [4.69, 9.17) is 11.6 Å². The highest BCUT2D eigenvalue weighted by atomic mass is 35.5. The molecular weight excluding hydrogens is 224 g/mol. The van der Waals surface area contributed by atoms with Gasteiger partial charge in [0.25, 0.3) is 0 Å². The van der Waals surface area contributed by atoms with Gasteiger partial charge in [0.1, 0.15) is 0 Å². The topological polar surface area (TPSA) is 32.3 Å². The van der Waals surface area contributed by atoms with E-state index in [9.17, 15) is 4.79 Å². The van der Waals surface area contributed by atoms with Gasteiger partial charge in [0, 0.05) is 13.5 Å². The molecule has 1 heterocycles. The van der Waals surface area contributed by atoms with Gasteiger partial charge in [-0.25, -0.2) is 0 Å². The lowest BCUT2D eigenvalue weighted by atomic mass is 9.97. The Morgan fingerprint density at radius 2 is 2.19 bits per heavy atom. The third kappa shape index (κ3) is 1.65. The van der Waals surface area contributed by atoms with Crippen molar-refractivity contribution in [1.82, 2.24) is 0 Å². The molecule has 1 aliphatic heterocycles. The molecule has 0 saturated carbocycles. The molecule has 0 fully saturated rings. The van der Waals surface area contributed by atoms with Crippen LogP contribution in [0.3, 0.4) is 0 Å². The summed E-state index contributed by atoms with van der Waals surface area (Å²) in [5.41, 5.74) is 1.47. The molecule has 1 aromatic rings. The molecule has 0 saturated heterocycles. The second kappa shape index (κ2) is 3.67. The summed E-state index contributed by atoms with van der Waals surface area (Å²) in [6.07, 6.45) is 0. The summed E-state index contributed by atoms with van der Waals surface area (Å²) < 4.78 is 0. The summed E-state index contributed by atoms with van der Waals surface area (Å²) in [6, 6.07) is 5.60. The Kier molecular flexibility index (Phi) is 2.58. The smallest absolute Gasteiger partial charge is 0.224 e. The van der Waals surface area contributed by atoms with Crippen LogP contribution in [0.2, 0.25) is 5.02 Å². The van der Waals surface area contributed by atoms with Gasteiger partial charge in [-0.2, -0.15) is 0 Å². The predicted molar refractivity (Wildman–Crippen MR) is 67.2 cm³/mol. The van der Waals surface area contributed by atoms with Gasteiger partial charge in [0.2, 0.25) is 5.91 Å². The first-order chi connectivity index (χ1) is 7.43. The quantitative estimate of drug-likeness (QED) is 0.754. The van der Waals surface area contributed by atoms with E-state index in [1.54, 1.807) is 11.8 Å². The Morgan fingerprint density at radius 1 is 1.50 bits per heavy atom. The predicted octanol–water partition coefficient (Wildman–Crippen LogP) is 2.90. The van der Waals surface area contributed by atoms with Crippen LogP contribution in [0.5, 0.6) is 0 Å². The van der Waals surface area contributed by atoms with E-state index in [0.29, 0.717) is 11.6 Å². The number of amides is 1. The van der Waals surface area contributed by atoms with Crippen molar-refractivity contribution in [2.24, 2.45) is 0 Å². The molecule has 2 rings (SSSR count). The van der Waals surface area contributed by atoms with Gasteiger partial charge in [0.05, 0.1) is 21.9 Å². The lowest BCUT2D eigenvalue weighted by Gasteiger charge is -2.43. The highest BCUT2D eigenvalue weighted by Crippen LogP contribution is 2.40. The van der Waals surface area contributed by atoms with Gasteiger partial charge in [-0.15, -0.1) is 0 Å². The molecule has 0 aromatic heterocycles. The first-order valence-electron chi connectivity index (χ1n) is 5.27. The minimum Gasteiger partial charge on any atom is -0.380 e. The Hall–Kier alpha value is -1.22. The number of carbonyl (C=O) groups is 1. The van der Waals surface area contributed by atoms with Crippen molar-refractivity contribution in [2.75, 3.05) is 16.8 Å². The molecule has 16 heavy (non-hydrogen) atoms. The van der Waals surface area contributed by atoms with Gasteiger partial charge >= 0.3 is 0 Å². The van der Waals surface area contributed by atoms with Crippen molar-refractivity contribution in [1.29, 1.82) is 0 Å². The zero-order chi connectivity index (χ0) is 11.9. The fourth-order valence-electron chi connectivity index (χ4n) is 2.18. The monoisotopic (exact) mass is 238 g/mol. The van der Waals surface area contributed by atoms with Crippen molar-refractivity contribution < 1.29 is 4.79 Å². The number of fused-ring (bicyclic) bond motifs is 1. The van der Waals surface area contributed by atoms with Crippen LogP contribution in [0.25, 0.3) is 0 Å². The normalized spacial score (nSPS) is 17.6. The zero-order valence-electron chi connectivity index (χ0n) is 9.67. The molecule has 1 aliphatic rings. The summed E-state index contributed by atoms with van der Waals surface area (Å²) in [6.45, 7) is 6.34. The summed E-state index contributed by atoms with van der Waals surface area (Å²) in [4.78, 5) is 13.5. The van der Waals surface area contributed by atoms with Gasteiger partial charge in [-0.1, -0.05) is 17.7 Å². The Balaban J connectivity index is 2.59. The van der Waals surface area contributed by atoms with Crippen LogP contribution in [0.15, 0.2) is 18.2 Å². The van der Waals surface area contributed by atoms with Crippen molar-refractivity contribution in [2.45, 2.75) is 26.3 Å². The maximum absolute atomic E-state index is 11.7. The fraction of sp³-hybridized carbons (Fsp3) is 0.417. The molecule has 1 amide bonds. The number of nitrogens with one attached hydrogen (secondary N) is 1. The van der Waals surface area contributed by atoms with Crippen LogP contribution in [-0.4, -0.2) is 18.0 Å². The number of benzene rings is 1. The van der Waals surface area contributed by atoms with E-state index < -0.39 is 0 Å². The first kappa shape index (κ1) is 11.3. The molecule has 0 spiro atoms. The van der Waals surface area contributed by atoms with E-state index in [-0.39, 0.29) is 11.4 Å². The number of hydrogen-bond donors (Lipinski definition) is 1. The molecule has 86 valence electrons. The van der Waals surface area contributed by atoms with Crippen LogP contribution in [0, 0.1) is 0 Å². The molecule has 1 N–H and O–H groups in total. The van der Waals surface area contributed by atoms with E-state index in [1.807, 2.05) is 32.0 Å². The van der Waals surface area contributed by atoms with E-state index in [1.165, 1.54) is 0 Å². The van der Waals surface area contributed by atoms with E-state index >= 15 is 0 Å². The van der Waals surface area contributed by atoms with Crippen molar-refractivity contribution >= 4 is 28.9 Å². The Bertz CT molecular complexity index is 443. The number of nitrogens with zero attached hydrogens (tertiary/aromatic N) is 1. The average Bonchev–Trinajstić information content (AvgIpc) is 2.15. The highest BCUT2D eigenvalue weighted by Gasteiger charge is 2.35. The van der Waals surface area contributed by atoms with Crippen LogP contribution in [-0.2, 0) is 4.79 Å². The third-order valence-electron chi connectivity index (χ3n) is 2.85. The van der Waals surface area contributed by atoms with E-state index in [2.05, 4.69) is 5.32 Å². The minimum atomic E-state index is -0.233. The van der Waals surface area contributed by atoms with Crippen LogP contribution >= 0.6 is 11.6 Å². The van der Waals surface area contributed by atoms with E-state index in [0.717, 1.165) is 11.4 Å². The second-order valence-electron chi connectivity index (χ2n) is 4.65. The molecule has 0 atom stereocenters.